The zero-order valence-electron chi connectivity index (χ0n) is 15.8. The molecule has 0 bridgehead atoms. The van der Waals surface area contributed by atoms with Gasteiger partial charge in [0.2, 0.25) is 5.52 Å². The van der Waals surface area contributed by atoms with E-state index in [4.69, 9.17) is 4.63 Å². The third kappa shape index (κ3) is 3.86. The first kappa shape index (κ1) is 18.4. The van der Waals surface area contributed by atoms with Crippen LogP contribution in [-0.2, 0) is 13.1 Å². The largest absolute Gasteiger partial charge is 0.375 e. The van der Waals surface area contributed by atoms with Gasteiger partial charge in [-0.3, -0.25) is 10.1 Å². The van der Waals surface area contributed by atoms with Crippen molar-refractivity contribution in [3.8, 4) is 0 Å². The summed E-state index contributed by atoms with van der Waals surface area (Å²) in [5, 5.41) is 22.7. The molecule has 0 radical (unpaired) electrons. The molecule has 8 heteroatoms. The molecule has 0 fully saturated rings. The van der Waals surface area contributed by atoms with E-state index < -0.39 is 4.92 Å². The van der Waals surface area contributed by atoms with Crippen LogP contribution in [0.25, 0.3) is 11.0 Å². The number of nitrogens with one attached hydrogen (secondary N) is 1. The fourth-order valence-corrected chi connectivity index (χ4v) is 3.26. The number of hydrogen-bond donors (Lipinski definition) is 1. The summed E-state index contributed by atoms with van der Waals surface area (Å²) >= 11 is 0. The van der Waals surface area contributed by atoms with Gasteiger partial charge in [-0.1, -0.05) is 60.7 Å². The number of fused-ring (bicyclic) bond motifs is 1. The minimum absolute atomic E-state index is 0.128. The summed E-state index contributed by atoms with van der Waals surface area (Å²) in [4.78, 5) is 13.3. The van der Waals surface area contributed by atoms with Crippen LogP contribution in [0, 0.1) is 10.1 Å². The monoisotopic (exact) mass is 389 g/mol. The van der Waals surface area contributed by atoms with Gasteiger partial charge >= 0.3 is 5.69 Å². The molecule has 4 aromatic rings. The van der Waals surface area contributed by atoms with Crippen molar-refractivity contribution in [1.82, 2.24) is 10.3 Å². The molecule has 0 atom stereocenters. The molecule has 0 spiro atoms. The van der Waals surface area contributed by atoms with Crippen LogP contribution in [0.5, 0.6) is 0 Å². The van der Waals surface area contributed by atoms with Crippen LogP contribution in [0.3, 0.4) is 0 Å². The van der Waals surface area contributed by atoms with Gasteiger partial charge in [0.15, 0.2) is 5.52 Å². The Labute approximate surface area is 166 Å². The van der Waals surface area contributed by atoms with E-state index in [0.717, 1.165) is 11.1 Å². The fraction of sp³-hybridized carbons (Fsp3) is 0.143. The van der Waals surface area contributed by atoms with Gasteiger partial charge in [-0.05, 0) is 27.5 Å². The van der Waals surface area contributed by atoms with Crippen molar-refractivity contribution in [1.29, 1.82) is 0 Å². The van der Waals surface area contributed by atoms with E-state index in [0.29, 0.717) is 30.0 Å². The molecule has 8 nitrogen and oxygen atoms in total. The highest BCUT2D eigenvalue weighted by Gasteiger charge is 2.27. The molecule has 1 aromatic heterocycles. The molecule has 0 saturated heterocycles. The second-order valence-electron chi connectivity index (χ2n) is 6.69. The molecular formula is C21H19N5O3. The number of nitrogens with zero attached hydrogens (tertiary/aromatic N) is 4. The van der Waals surface area contributed by atoms with Gasteiger partial charge in [-0.2, -0.15) is 0 Å². The Hall–Kier alpha value is -3.94. The van der Waals surface area contributed by atoms with Crippen LogP contribution < -0.4 is 10.2 Å². The molecule has 0 aliphatic heterocycles. The Morgan fingerprint density at radius 3 is 2.28 bits per heavy atom. The third-order valence-corrected chi connectivity index (χ3v) is 4.67. The van der Waals surface area contributed by atoms with E-state index in [1.54, 1.807) is 6.07 Å². The van der Waals surface area contributed by atoms with Crippen molar-refractivity contribution >= 4 is 28.1 Å². The van der Waals surface area contributed by atoms with Crippen molar-refractivity contribution in [2.75, 3.05) is 17.3 Å². The maximum Gasteiger partial charge on any atom is 0.323 e. The first-order valence-corrected chi connectivity index (χ1v) is 9.10. The highest BCUT2D eigenvalue weighted by atomic mass is 16.6. The summed E-state index contributed by atoms with van der Waals surface area (Å²) in [7, 11) is 1.91. The second kappa shape index (κ2) is 7.97. The molecule has 0 unspecified atom stereocenters. The summed E-state index contributed by atoms with van der Waals surface area (Å²) in [6.45, 7) is 1.05. The van der Waals surface area contributed by atoms with Crippen LogP contribution in [0.1, 0.15) is 11.1 Å². The predicted molar refractivity (Wildman–Crippen MR) is 111 cm³/mol. The van der Waals surface area contributed by atoms with Crippen molar-refractivity contribution < 1.29 is 9.55 Å². The maximum absolute atomic E-state index is 11.8. The van der Waals surface area contributed by atoms with Gasteiger partial charge in [-0.25, -0.2) is 4.63 Å². The minimum atomic E-state index is -0.458. The zero-order chi connectivity index (χ0) is 20.2. The Bertz CT molecular complexity index is 1130. The number of anilines is 2. The normalized spacial score (nSPS) is 10.8. The first-order chi connectivity index (χ1) is 14.1. The summed E-state index contributed by atoms with van der Waals surface area (Å²) < 4.78 is 4.86. The van der Waals surface area contributed by atoms with Crippen LogP contribution in [0.4, 0.5) is 17.1 Å². The zero-order valence-corrected chi connectivity index (χ0v) is 15.8. The van der Waals surface area contributed by atoms with Crippen LogP contribution in [0.2, 0.25) is 0 Å². The summed E-state index contributed by atoms with van der Waals surface area (Å²) in [5.74, 6) is 0. The van der Waals surface area contributed by atoms with Crippen molar-refractivity contribution in [3.63, 3.8) is 0 Å². The molecular weight excluding hydrogens is 370 g/mol. The highest BCUT2D eigenvalue weighted by molar-refractivity contribution is 5.99. The Morgan fingerprint density at radius 1 is 1.00 bits per heavy atom. The van der Waals surface area contributed by atoms with E-state index in [2.05, 4.69) is 15.6 Å². The van der Waals surface area contributed by atoms with Gasteiger partial charge in [0.1, 0.15) is 5.69 Å². The van der Waals surface area contributed by atoms with Crippen molar-refractivity contribution in [2.24, 2.45) is 0 Å². The number of aromatic nitrogens is 2. The average Bonchev–Trinajstić information content (AvgIpc) is 3.22. The van der Waals surface area contributed by atoms with Crippen molar-refractivity contribution in [3.05, 3.63) is 88.0 Å². The number of nitro benzene ring substituents is 1. The minimum Gasteiger partial charge on any atom is -0.375 e. The highest BCUT2D eigenvalue weighted by Crippen LogP contribution is 2.38. The molecule has 1 heterocycles. The smallest absolute Gasteiger partial charge is 0.323 e. The Kier molecular flexibility index (Phi) is 5.07. The van der Waals surface area contributed by atoms with Gasteiger partial charge in [0.05, 0.1) is 10.6 Å². The van der Waals surface area contributed by atoms with Crippen LogP contribution in [-0.4, -0.2) is 22.3 Å². The van der Waals surface area contributed by atoms with E-state index >= 15 is 0 Å². The lowest BCUT2D eigenvalue weighted by atomic mass is 10.1. The van der Waals surface area contributed by atoms with E-state index in [-0.39, 0.29) is 11.2 Å². The SMILES string of the molecule is CN(Cc1ccccc1)c1cc(NCc2ccccc2)c([N+](=O)[O-])c2nonc12. The molecule has 3 aromatic carbocycles. The standard InChI is InChI=1S/C21H19N5O3/c1-25(14-16-10-6-3-7-11-16)18-12-17(22-13-15-8-4-2-5-9-15)21(26(27)28)20-19(18)23-29-24-20/h2-12,22H,13-14H2,1H3. The van der Waals surface area contributed by atoms with Crippen molar-refractivity contribution in [2.45, 2.75) is 13.1 Å². The van der Waals surface area contributed by atoms with Crippen LogP contribution >= 0.6 is 0 Å². The van der Waals surface area contributed by atoms with Gasteiger partial charge in [-0.15, -0.1) is 0 Å². The topological polar surface area (TPSA) is 97.3 Å². The predicted octanol–water partition coefficient (Wildman–Crippen LogP) is 4.38. The molecule has 0 saturated carbocycles. The quantitative estimate of drug-likeness (QED) is 0.370. The average molecular weight is 389 g/mol. The molecule has 0 amide bonds. The number of rotatable bonds is 7. The van der Waals surface area contributed by atoms with Crippen LogP contribution in [0.15, 0.2) is 71.4 Å². The summed E-state index contributed by atoms with van der Waals surface area (Å²) in [6, 6.07) is 21.4. The molecule has 0 aliphatic rings. The van der Waals surface area contributed by atoms with E-state index in [9.17, 15) is 10.1 Å². The summed E-state index contributed by atoms with van der Waals surface area (Å²) in [6.07, 6.45) is 0. The maximum atomic E-state index is 11.8. The van der Waals surface area contributed by atoms with Gasteiger partial charge in [0.25, 0.3) is 0 Å². The number of benzene rings is 3. The molecule has 146 valence electrons. The molecule has 0 aliphatic carbocycles. The Morgan fingerprint density at radius 2 is 1.62 bits per heavy atom. The lowest BCUT2D eigenvalue weighted by molar-refractivity contribution is -0.382. The van der Waals surface area contributed by atoms with E-state index in [1.165, 1.54) is 0 Å². The fourth-order valence-electron chi connectivity index (χ4n) is 3.26. The lowest BCUT2D eigenvalue weighted by Crippen LogP contribution is -2.17. The molecule has 4 rings (SSSR count). The van der Waals surface area contributed by atoms with Gasteiger partial charge in [0, 0.05) is 20.1 Å². The van der Waals surface area contributed by atoms with Gasteiger partial charge < -0.3 is 10.2 Å². The number of hydrogen-bond acceptors (Lipinski definition) is 7. The molecule has 29 heavy (non-hydrogen) atoms. The second-order valence-corrected chi connectivity index (χ2v) is 6.69. The van der Waals surface area contributed by atoms with E-state index in [1.807, 2.05) is 72.6 Å². The number of nitro groups is 1. The Balaban J connectivity index is 1.73. The molecule has 1 N–H and O–H groups in total. The summed E-state index contributed by atoms with van der Waals surface area (Å²) in [5.41, 5.74) is 3.54. The third-order valence-electron chi connectivity index (χ3n) is 4.67. The lowest BCUT2D eigenvalue weighted by Gasteiger charge is -2.20. The first-order valence-electron chi connectivity index (χ1n) is 9.10.